The fourth-order valence-electron chi connectivity index (χ4n) is 1.60. The molecule has 0 aliphatic rings. The average Bonchev–Trinajstić information content (AvgIpc) is 2.36. The fraction of sp³-hybridized carbons (Fsp3) is 0.143. The SMILES string of the molecule is Cc1c(N)cccc1SCc1cccc(F)c1Cl. The molecule has 4 heteroatoms. The largest absolute Gasteiger partial charge is 0.398 e. The van der Waals surface area contributed by atoms with Crippen molar-refractivity contribution in [2.75, 3.05) is 5.73 Å². The standard InChI is InChI=1S/C14H13ClFNS/c1-9-12(17)6-3-7-13(9)18-8-10-4-2-5-11(16)14(10)15/h2-7H,8,17H2,1H3. The Morgan fingerprint density at radius 1 is 1.22 bits per heavy atom. The normalized spacial score (nSPS) is 10.6. The molecule has 0 atom stereocenters. The molecular formula is C14H13ClFNS. The lowest BCUT2D eigenvalue weighted by molar-refractivity contribution is 0.627. The molecule has 94 valence electrons. The van der Waals surface area contributed by atoms with Crippen LogP contribution in [0.1, 0.15) is 11.1 Å². The zero-order valence-corrected chi connectivity index (χ0v) is 11.5. The van der Waals surface area contributed by atoms with Crippen LogP contribution in [0, 0.1) is 12.7 Å². The zero-order chi connectivity index (χ0) is 13.1. The van der Waals surface area contributed by atoms with Crippen LogP contribution < -0.4 is 5.73 Å². The van der Waals surface area contributed by atoms with Gasteiger partial charge in [-0.15, -0.1) is 11.8 Å². The summed E-state index contributed by atoms with van der Waals surface area (Å²) < 4.78 is 13.3. The van der Waals surface area contributed by atoms with E-state index in [0.717, 1.165) is 21.7 Å². The van der Waals surface area contributed by atoms with Crippen LogP contribution in [0.25, 0.3) is 0 Å². The first-order chi connectivity index (χ1) is 8.59. The van der Waals surface area contributed by atoms with Crippen molar-refractivity contribution in [3.8, 4) is 0 Å². The van der Waals surface area contributed by atoms with E-state index in [-0.39, 0.29) is 10.8 Å². The van der Waals surface area contributed by atoms with Crippen LogP contribution in [0.15, 0.2) is 41.3 Å². The van der Waals surface area contributed by atoms with Crippen LogP contribution in [-0.2, 0) is 5.75 Å². The predicted octanol–water partition coefficient (Wildman–Crippen LogP) is 4.66. The minimum absolute atomic E-state index is 0.201. The average molecular weight is 282 g/mol. The van der Waals surface area contributed by atoms with Crippen molar-refractivity contribution in [1.29, 1.82) is 0 Å². The molecule has 0 radical (unpaired) electrons. The molecule has 0 heterocycles. The second-order valence-electron chi connectivity index (χ2n) is 3.97. The summed E-state index contributed by atoms with van der Waals surface area (Å²) in [5, 5.41) is 0.201. The first kappa shape index (κ1) is 13.2. The lowest BCUT2D eigenvalue weighted by Gasteiger charge is -2.09. The molecule has 0 unspecified atom stereocenters. The van der Waals surface area contributed by atoms with Gasteiger partial charge in [-0.25, -0.2) is 4.39 Å². The molecule has 0 aromatic heterocycles. The highest BCUT2D eigenvalue weighted by Crippen LogP contribution is 2.31. The molecule has 0 aliphatic carbocycles. The van der Waals surface area contributed by atoms with E-state index in [0.29, 0.717) is 5.75 Å². The summed E-state index contributed by atoms with van der Waals surface area (Å²) in [7, 11) is 0. The Bertz CT molecular complexity index is 520. The van der Waals surface area contributed by atoms with E-state index < -0.39 is 0 Å². The van der Waals surface area contributed by atoms with Crippen molar-refractivity contribution >= 4 is 29.1 Å². The minimum atomic E-state index is -0.376. The number of anilines is 1. The summed E-state index contributed by atoms with van der Waals surface area (Å²) in [5.41, 5.74) is 8.46. The van der Waals surface area contributed by atoms with Gasteiger partial charge in [0.1, 0.15) is 5.82 Å². The monoisotopic (exact) mass is 281 g/mol. The number of rotatable bonds is 3. The Kier molecular flexibility index (Phi) is 4.15. The Morgan fingerprint density at radius 3 is 2.72 bits per heavy atom. The lowest BCUT2D eigenvalue weighted by atomic mass is 10.2. The third kappa shape index (κ3) is 2.79. The van der Waals surface area contributed by atoms with E-state index in [1.165, 1.54) is 6.07 Å². The number of halogens is 2. The quantitative estimate of drug-likeness (QED) is 0.654. The van der Waals surface area contributed by atoms with Crippen molar-refractivity contribution in [2.45, 2.75) is 17.6 Å². The van der Waals surface area contributed by atoms with Gasteiger partial charge in [-0.05, 0) is 36.2 Å². The summed E-state index contributed by atoms with van der Waals surface area (Å²) in [5.74, 6) is 0.250. The number of benzene rings is 2. The predicted molar refractivity (Wildman–Crippen MR) is 76.6 cm³/mol. The second kappa shape index (κ2) is 5.63. The zero-order valence-electron chi connectivity index (χ0n) is 9.91. The molecule has 0 saturated heterocycles. The molecule has 0 aliphatic heterocycles. The molecule has 2 aromatic carbocycles. The van der Waals surface area contributed by atoms with Gasteiger partial charge in [0.25, 0.3) is 0 Å². The van der Waals surface area contributed by atoms with Gasteiger partial charge in [0.15, 0.2) is 0 Å². The first-order valence-electron chi connectivity index (χ1n) is 5.50. The summed E-state index contributed by atoms with van der Waals surface area (Å²) in [6.07, 6.45) is 0. The van der Waals surface area contributed by atoms with Gasteiger partial charge in [0, 0.05) is 16.3 Å². The van der Waals surface area contributed by atoms with Gasteiger partial charge in [0.2, 0.25) is 0 Å². The molecule has 18 heavy (non-hydrogen) atoms. The second-order valence-corrected chi connectivity index (χ2v) is 5.37. The molecule has 0 saturated carbocycles. The van der Waals surface area contributed by atoms with Crippen molar-refractivity contribution in [3.05, 3.63) is 58.4 Å². The smallest absolute Gasteiger partial charge is 0.142 e. The van der Waals surface area contributed by atoms with Gasteiger partial charge in [-0.1, -0.05) is 29.8 Å². The molecule has 2 rings (SSSR count). The number of nitrogen functional groups attached to an aromatic ring is 1. The van der Waals surface area contributed by atoms with Gasteiger partial charge in [-0.3, -0.25) is 0 Å². The molecule has 0 spiro atoms. The van der Waals surface area contributed by atoms with E-state index in [1.54, 1.807) is 17.8 Å². The van der Waals surface area contributed by atoms with Crippen LogP contribution in [0.2, 0.25) is 5.02 Å². The van der Waals surface area contributed by atoms with Crippen molar-refractivity contribution in [1.82, 2.24) is 0 Å². The third-order valence-electron chi connectivity index (χ3n) is 2.74. The van der Waals surface area contributed by atoms with E-state index in [2.05, 4.69) is 0 Å². The van der Waals surface area contributed by atoms with Crippen LogP contribution in [0.5, 0.6) is 0 Å². The number of nitrogens with two attached hydrogens (primary N) is 1. The van der Waals surface area contributed by atoms with Gasteiger partial charge in [0.05, 0.1) is 5.02 Å². The number of hydrogen-bond acceptors (Lipinski definition) is 2. The summed E-state index contributed by atoms with van der Waals surface area (Å²) >= 11 is 7.52. The third-order valence-corrected chi connectivity index (χ3v) is 4.37. The van der Waals surface area contributed by atoms with E-state index >= 15 is 0 Å². The highest BCUT2D eigenvalue weighted by atomic mass is 35.5. The summed E-state index contributed by atoms with van der Waals surface area (Å²) in [6, 6.07) is 10.7. The maximum atomic E-state index is 13.3. The van der Waals surface area contributed by atoms with Crippen molar-refractivity contribution < 1.29 is 4.39 Å². The van der Waals surface area contributed by atoms with E-state index in [9.17, 15) is 4.39 Å². The van der Waals surface area contributed by atoms with Gasteiger partial charge < -0.3 is 5.73 Å². The van der Waals surface area contributed by atoms with Crippen LogP contribution in [-0.4, -0.2) is 0 Å². The molecule has 0 amide bonds. The molecule has 2 N–H and O–H groups in total. The maximum Gasteiger partial charge on any atom is 0.142 e. The Hall–Kier alpha value is -1.19. The van der Waals surface area contributed by atoms with E-state index in [1.807, 2.05) is 31.2 Å². The highest BCUT2D eigenvalue weighted by molar-refractivity contribution is 7.98. The highest BCUT2D eigenvalue weighted by Gasteiger charge is 2.07. The Labute approximate surface area is 115 Å². The van der Waals surface area contributed by atoms with Crippen LogP contribution >= 0.6 is 23.4 Å². The summed E-state index contributed by atoms with van der Waals surface area (Å²) in [4.78, 5) is 1.09. The van der Waals surface area contributed by atoms with Crippen molar-refractivity contribution in [3.63, 3.8) is 0 Å². The summed E-state index contributed by atoms with van der Waals surface area (Å²) in [6.45, 7) is 1.98. The molecule has 2 aromatic rings. The lowest BCUT2D eigenvalue weighted by Crippen LogP contribution is -1.92. The van der Waals surface area contributed by atoms with Gasteiger partial charge in [-0.2, -0.15) is 0 Å². The Morgan fingerprint density at radius 2 is 1.94 bits per heavy atom. The number of hydrogen-bond donors (Lipinski definition) is 1. The molecule has 0 bridgehead atoms. The van der Waals surface area contributed by atoms with E-state index in [4.69, 9.17) is 17.3 Å². The minimum Gasteiger partial charge on any atom is -0.398 e. The topological polar surface area (TPSA) is 26.0 Å². The maximum absolute atomic E-state index is 13.3. The van der Waals surface area contributed by atoms with Crippen molar-refractivity contribution in [2.24, 2.45) is 0 Å². The van der Waals surface area contributed by atoms with Crippen LogP contribution in [0.4, 0.5) is 10.1 Å². The first-order valence-corrected chi connectivity index (χ1v) is 6.86. The molecular weight excluding hydrogens is 269 g/mol. The molecule has 0 fully saturated rings. The fourth-order valence-corrected chi connectivity index (χ4v) is 2.94. The van der Waals surface area contributed by atoms with Gasteiger partial charge >= 0.3 is 0 Å². The number of thioether (sulfide) groups is 1. The Balaban J connectivity index is 2.17. The molecule has 1 nitrogen and oxygen atoms in total. The van der Waals surface area contributed by atoms with Crippen LogP contribution in [0.3, 0.4) is 0 Å².